The average Bonchev–Trinajstić information content (AvgIpc) is 2.61. The Morgan fingerprint density at radius 3 is 2.62 bits per heavy atom. The highest BCUT2D eigenvalue weighted by atomic mass is 35.5. The number of hydrogen-bond donors (Lipinski definition) is 2. The molecule has 1 heterocycles. The topological polar surface area (TPSA) is 53.1 Å². The molecular weight excluding hydrogens is 226 g/mol. The van der Waals surface area contributed by atoms with E-state index in [1.807, 2.05) is 19.1 Å². The monoisotopic (exact) mass is 235 g/mol. The molecule has 82 valence electrons. The lowest BCUT2D eigenvalue weighted by Gasteiger charge is -2.02. The minimum absolute atomic E-state index is 0.172. The number of rotatable bonds is 2. The van der Waals surface area contributed by atoms with Crippen molar-refractivity contribution >= 4 is 17.6 Å². The summed E-state index contributed by atoms with van der Waals surface area (Å²) in [5.41, 5.74) is 2.32. The standard InChI is InChI=1S/C12H10ClNO2/c1-7-6-9(11(14-7)12(15)16)8-4-2-3-5-10(8)13/h2-6,14H,1H3,(H,15,16). The molecule has 0 aliphatic rings. The van der Waals surface area contributed by atoms with E-state index in [9.17, 15) is 4.79 Å². The molecular formula is C12H10ClNO2. The Morgan fingerprint density at radius 1 is 1.31 bits per heavy atom. The third kappa shape index (κ3) is 1.82. The quantitative estimate of drug-likeness (QED) is 0.839. The summed E-state index contributed by atoms with van der Waals surface area (Å²) in [5.74, 6) is -0.983. The van der Waals surface area contributed by atoms with E-state index in [0.717, 1.165) is 11.3 Å². The van der Waals surface area contributed by atoms with Crippen LogP contribution < -0.4 is 0 Å². The normalized spacial score (nSPS) is 10.4. The van der Waals surface area contributed by atoms with Gasteiger partial charge in [0.1, 0.15) is 5.69 Å². The number of carboxylic acid groups (broad SMARTS) is 1. The fraction of sp³-hybridized carbons (Fsp3) is 0.0833. The van der Waals surface area contributed by atoms with Crippen molar-refractivity contribution in [3.63, 3.8) is 0 Å². The molecule has 0 unspecified atom stereocenters. The molecule has 1 aromatic heterocycles. The largest absolute Gasteiger partial charge is 0.477 e. The van der Waals surface area contributed by atoms with E-state index in [1.165, 1.54) is 0 Å². The van der Waals surface area contributed by atoms with E-state index >= 15 is 0 Å². The average molecular weight is 236 g/mol. The van der Waals surface area contributed by atoms with Gasteiger partial charge in [-0.3, -0.25) is 0 Å². The zero-order chi connectivity index (χ0) is 11.7. The van der Waals surface area contributed by atoms with Crippen LogP contribution in [0.2, 0.25) is 5.02 Å². The van der Waals surface area contributed by atoms with E-state index in [-0.39, 0.29) is 5.69 Å². The highest BCUT2D eigenvalue weighted by Crippen LogP contribution is 2.30. The van der Waals surface area contributed by atoms with Crippen molar-refractivity contribution in [3.05, 3.63) is 46.7 Å². The maximum atomic E-state index is 11.0. The summed E-state index contributed by atoms with van der Waals surface area (Å²) in [6.07, 6.45) is 0. The number of aromatic amines is 1. The molecule has 2 N–H and O–H groups in total. The molecule has 0 bridgehead atoms. The van der Waals surface area contributed by atoms with E-state index in [0.29, 0.717) is 10.6 Å². The number of carbonyl (C=O) groups is 1. The Kier molecular flexibility index (Phi) is 2.71. The van der Waals surface area contributed by atoms with Gasteiger partial charge in [0, 0.05) is 21.8 Å². The third-order valence-corrected chi connectivity index (χ3v) is 2.66. The van der Waals surface area contributed by atoms with Gasteiger partial charge in [-0.25, -0.2) is 4.79 Å². The highest BCUT2D eigenvalue weighted by molar-refractivity contribution is 6.33. The number of hydrogen-bond acceptors (Lipinski definition) is 1. The van der Waals surface area contributed by atoms with E-state index in [1.54, 1.807) is 18.2 Å². The fourth-order valence-electron chi connectivity index (χ4n) is 1.65. The van der Waals surface area contributed by atoms with Crippen LogP contribution in [-0.2, 0) is 0 Å². The van der Waals surface area contributed by atoms with Crippen molar-refractivity contribution < 1.29 is 9.90 Å². The number of aromatic nitrogens is 1. The first-order chi connectivity index (χ1) is 7.59. The van der Waals surface area contributed by atoms with Crippen LogP contribution in [0.1, 0.15) is 16.2 Å². The van der Waals surface area contributed by atoms with Crippen LogP contribution in [0, 0.1) is 6.92 Å². The van der Waals surface area contributed by atoms with Gasteiger partial charge < -0.3 is 10.1 Å². The van der Waals surface area contributed by atoms with Crippen LogP contribution >= 0.6 is 11.6 Å². The SMILES string of the molecule is Cc1cc(-c2ccccc2Cl)c(C(=O)O)[nH]1. The second kappa shape index (κ2) is 4.02. The second-order valence-electron chi connectivity index (χ2n) is 3.53. The smallest absolute Gasteiger partial charge is 0.352 e. The minimum atomic E-state index is -0.983. The Morgan fingerprint density at radius 2 is 2.00 bits per heavy atom. The van der Waals surface area contributed by atoms with Gasteiger partial charge >= 0.3 is 5.97 Å². The van der Waals surface area contributed by atoms with Crippen molar-refractivity contribution in [2.45, 2.75) is 6.92 Å². The van der Waals surface area contributed by atoms with Gasteiger partial charge in [0.25, 0.3) is 0 Å². The molecule has 0 fully saturated rings. The summed E-state index contributed by atoms with van der Waals surface area (Å²) < 4.78 is 0. The van der Waals surface area contributed by atoms with Crippen LogP contribution in [0.15, 0.2) is 30.3 Å². The molecule has 1 aromatic carbocycles. The van der Waals surface area contributed by atoms with Gasteiger partial charge in [-0.15, -0.1) is 0 Å². The molecule has 0 atom stereocenters. The van der Waals surface area contributed by atoms with Crippen molar-refractivity contribution in [3.8, 4) is 11.1 Å². The number of aromatic carboxylic acids is 1. The van der Waals surface area contributed by atoms with Gasteiger partial charge in [-0.1, -0.05) is 29.8 Å². The van der Waals surface area contributed by atoms with Crippen LogP contribution in [0.5, 0.6) is 0 Å². The molecule has 0 saturated heterocycles. The van der Waals surface area contributed by atoms with Crippen LogP contribution in [-0.4, -0.2) is 16.1 Å². The number of carboxylic acids is 1. The number of H-pyrrole nitrogens is 1. The van der Waals surface area contributed by atoms with Crippen molar-refractivity contribution in [2.75, 3.05) is 0 Å². The molecule has 3 nitrogen and oxygen atoms in total. The van der Waals surface area contributed by atoms with E-state index < -0.39 is 5.97 Å². The van der Waals surface area contributed by atoms with Crippen molar-refractivity contribution in [1.82, 2.24) is 4.98 Å². The molecule has 0 amide bonds. The number of nitrogens with one attached hydrogen (secondary N) is 1. The fourth-order valence-corrected chi connectivity index (χ4v) is 1.89. The van der Waals surface area contributed by atoms with Gasteiger partial charge in [0.15, 0.2) is 0 Å². The molecule has 4 heteroatoms. The second-order valence-corrected chi connectivity index (χ2v) is 3.93. The number of aryl methyl sites for hydroxylation is 1. The lowest BCUT2D eigenvalue weighted by atomic mass is 10.1. The molecule has 16 heavy (non-hydrogen) atoms. The maximum Gasteiger partial charge on any atom is 0.352 e. The van der Waals surface area contributed by atoms with Gasteiger partial charge in [0.05, 0.1) is 0 Å². The Labute approximate surface area is 97.7 Å². The first kappa shape index (κ1) is 10.8. The minimum Gasteiger partial charge on any atom is -0.477 e. The predicted octanol–water partition coefficient (Wildman–Crippen LogP) is 3.34. The molecule has 0 radical (unpaired) electrons. The lowest BCUT2D eigenvalue weighted by Crippen LogP contribution is -1.99. The zero-order valence-corrected chi connectivity index (χ0v) is 9.38. The summed E-state index contributed by atoms with van der Waals surface area (Å²) in [6, 6.07) is 8.97. The number of benzene rings is 1. The summed E-state index contributed by atoms with van der Waals surface area (Å²) in [6.45, 7) is 1.81. The first-order valence-electron chi connectivity index (χ1n) is 4.77. The van der Waals surface area contributed by atoms with Crippen LogP contribution in [0.4, 0.5) is 0 Å². The molecule has 2 aromatic rings. The van der Waals surface area contributed by atoms with E-state index in [4.69, 9.17) is 16.7 Å². The summed E-state index contributed by atoms with van der Waals surface area (Å²) in [4.78, 5) is 13.9. The molecule has 2 rings (SSSR count). The lowest BCUT2D eigenvalue weighted by molar-refractivity contribution is 0.0692. The summed E-state index contributed by atoms with van der Waals surface area (Å²) >= 11 is 6.04. The van der Waals surface area contributed by atoms with E-state index in [2.05, 4.69) is 4.98 Å². The molecule has 0 aliphatic carbocycles. The maximum absolute atomic E-state index is 11.0. The molecule has 0 saturated carbocycles. The highest BCUT2D eigenvalue weighted by Gasteiger charge is 2.16. The van der Waals surface area contributed by atoms with Crippen LogP contribution in [0.3, 0.4) is 0 Å². The zero-order valence-electron chi connectivity index (χ0n) is 8.62. The predicted molar refractivity (Wildman–Crippen MR) is 62.9 cm³/mol. The molecule has 0 spiro atoms. The number of halogens is 1. The van der Waals surface area contributed by atoms with Gasteiger partial charge in [-0.2, -0.15) is 0 Å². The Hall–Kier alpha value is -1.74. The third-order valence-electron chi connectivity index (χ3n) is 2.33. The van der Waals surface area contributed by atoms with Gasteiger partial charge in [0.2, 0.25) is 0 Å². The Bertz CT molecular complexity index is 546. The summed E-state index contributed by atoms with van der Waals surface area (Å²) in [7, 11) is 0. The van der Waals surface area contributed by atoms with Crippen molar-refractivity contribution in [1.29, 1.82) is 0 Å². The van der Waals surface area contributed by atoms with Crippen molar-refractivity contribution in [2.24, 2.45) is 0 Å². The van der Waals surface area contributed by atoms with Crippen LogP contribution in [0.25, 0.3) is 11.1 Å². The Balaban J connectivity index is 2.64. The first-order valence-corrected chi connectivity index (χ1v) is 5.15. The molecule has 0 aliphatic heterocycles. The summed E-state index contributed by atoms with van der Waals surface area (Å²) in [5, 5.41) is 9.60. The van der Waals surface area contributed by atoms with Gasteiger partial charge in [-0.05, 0) is 19.1 Å².